The van der Waals surface area contributed by atoms with E-state index in [9.17, 15) is 0 Å². The van der Waals surface area contributed by atoms with Crippen molar-refractivity contribution in [2.45, 2.75) is 13.1 Å². The molecule has 2 aromatic heterocycles. The van der Waals surface area contributed by atoms with E-state index in [1.807, 2.05) is 53.3 Å². The van der Waals surface area contributed by atoms with E-state index in [0.717, 1.165) is 41.5 Å². The lowest BCUT2D eigenvalue weighted by Gasteiger charge is -2.04. The molecule has 4 aromatic rings. The molecular weight excluding hydrogens is 364 g/mol. The van der Waals surface area contributed by atoms with E-state index in [-0.39, 0.29) is 0 Å². The van der Waals surface area contributed by atoms with Gasteiger partial charge in [-0.15, -0.1) is 0 Å². The molecule has 0 radical (unpaired) electrons. The maximum absolute atomic E-state index is 5.48. The summed E-state index contributed by atoms with van der Waals surface area (Å²) >= 11 is 0. The Balaban J connectivity index is 1.37. The highest BCUT2D eigenvalue weighted by atomic mass is 16.7. The number of pyridine rings is 1. The first-order valence-corrected chi connectivity index (χ1v) is 9.61. The van der Waals surface area contributed by atoms with E-state index in [0.29, 0.717) is 6.79 Å². The normalized spacial score (nSPS) is 12.3. The Hall–Kier alpha value is -3.64. The Morgan fingerprint density at radius 2 is 1.83 bits per heavy atom. The third kappa shape index (κ3) is 3.70. The van der Waals surface area contributed by atoms with Crippen LogP contribution in [0.25, 0.3) is 16.9 Å². The molecule has 0 spiro atoms. The summed E-state index contributed by atoms with van der Waals surface area (Å²) in [6.45, 7) is 1.96. The molecule has 5 rings (SSSR count). The Morgan fingerprint density at radius 3 is 2.69 bits per heavy atom. The molecule has 2 aromatic carbocycles. The van der Waals surface area contributed by atoms with E-state index >= 15 is 0 Å². The van der Waals surface area contributed by atoms with Crippen LogP contribution in [0.3, 0.4) is 0 Å². The fourth-order valence-corrected chi connectivity index (χ4v) is 3.48. The summed E-state index contributed by atoms with van der Waals surface area (Å²) in [7, 11) is 0. The number of fused-ring (bicyclic) bond motifs is 1. The van der Waals surface area contributed by atoms with Crippen LogP contribution in [0.15, 0.2) is 79.3 Å². The lowest BCUT2D eigenvalue weighted by atomic mass is 10.1. The highest BCUT2D eigenvalue weighted by Gasteiger charge is 2.16. The van der Waals surface area contributed by atoms with Crippen molar-refractivity contribution in [3.63, 3.8) is 0 Å². The first-order valence-electron chi connectivity index (χ1n) is 9.61. The summed E-state index contributed by atoms with van der Waals surface area (Å²) in [5, 5.41) is 7.11. The highest BCUT2D eigenvalue weighted by molar-refractivity contribution is 5.62. The van der Waals surface area contributed by atoms with Gasteiger partial charge >= 0.3 is 0 Å². The van der Waals surface area contributed by atoms with Gasteiger partial charge in [0.25, 0.3) is 0 Å². The van der Waals surface area contributed by atoms with Gasteiger partial charge in [0.2, 0.25) is 6.79 Å². The molecule has 0 fully saturated rings. The molecule has 0 saturated carbocycles. The average Bonchev–Trinajstić information content (AvgIpc) is 3.42. The van der Waals surface area contributed by atoms with Crippen molar-refractivity contribution >= 4 is 0 Å². The molecule has 0 saturated heterocycles. The smallest absolute Gasteiger partial charge is 0.231 e. The van der Waals surface area contributed by atoms with Crippen LogP contribution in [-0.2, 0) is 13.1 Å². The summed E-state index contributed by atoms with van der Waals surface area (Å²) < 4.78 is 12.8. The number of hydrogen-bond acceptors (Lipinski definition) is 4. The average molecular weight is 385 g/mol. The van der Waals surface area contributed by atoms with E-state index in [4.69, 9.17) is 14.6 Å². The van der Waals surface area contributed by atoms with Crippen molar-refractivity contribution in [3.8, 4) is 28.4 Å². The minimum absolute atomic E-state index is 0.301. The van der Waals surface area contributed by atoms with Crippen LogP contribution in [0.4, 0.5) is 0 Å². The maximum Gasteiger partial charge on any atom is 0.231 e. The van der Waals surface area contributed by atoms with E-state index < -0.39 is 0 Å². The van der Waals surface area contributed by atoms with E-state index in [1.54, 1.807) is 6.20 Å². The molecule has 2 N–H and O–H groups in total. The third-order valence-corrected chi connectivity index (χ3v) is 4.93. The fraction of sp³-hybridized carbons (Fsp3) is 0.130. The van der Waals surface area contributed by atoms with Crippen LogP contribution in [0.5, 0.6) is 11.5 Å². The Morgan fingerprint density at radius 1 is 0.931 bits per heavy atom. The van der Waals surface area contributed by atoms with Crippen LogP contribution in [0.1, 0.15) is 11.1 Å². The van der Waals surface area contributed by atoms with Crippen LogP contribution in [0.2, 0.25) is 0 Å². The summed E-state index contributed by atoms with van der Waals surface area (Å²) in [5.74, 6) is 1.64. The van der Waals surface area contributed by atoms with Gasteiger partial charge < -0.3 is 14.8 Å². The zero-order chi connectivity index (χ0) is 19.5. The molecule has 6 heteroatoms. The Kier molecular flexibility index (Phi) is 4.68. The molecule has 6 nitrogen and oxygen atoms in total. The highest BCUT2D eigenvalue weighted by Crippen LogP contribution is 2.32. The number of quaternary nitrogens is 1. The zero-order valence-electron chi connectivity index (χ0n) is 15.9. The van der Waals surface area contributed by atoms with Gasteiger partial charge in [-0.25, -0.2) is 4.68 Å². The lowest BCUT2D eigenvalue weighted by molar-refractivity contribution is -0.686. The summed E-state index contributed by atoms with van der Waals surface area (Å²) in [6.07, 6.45) is 5.75. The molecule has 3 heterocycles. The summed E-state index contributed by atoms with van der Waals surface area (Å²) in [4.78, 5) is 4.26. The molecule has 1 aliphatic rings. The number of benzene rings is 2. The van der Waals surface area contributed by atoms with Crippen LogP contribution in [-0.4, -0.2) is 21.6 Å². The largest absolute Gasteiger partial charge is 0.454 e. The van der Waals surface area contributed by atoms with Gasteiger partial charge in [0.15, 0.2) is 11.5 Å². The van der Waals surface area contributed by atoms with Crippen LogP contribution >= 0.6 is 0 Å². The molecule has 0 atom stereocenters. The van der Waals surface area contributed by atoms with Gasteiger partial charge in [-0.3, -0.25) is 4.98 Å². The van der Waals surface area contributed by atoms with Gasteiger partial charge in [-0.05, 0) is 42.5 Å². The van der Waals surface area contributed by atoms with Crippen molar-refractivity contribution < 1.29 is 14.8 Å². The number of nitrogens with zero attached hydrogens (tertiary/aromatic N) is 3. The minimum Gasteiger partial charge on any atom is -0.454 e. The Labute approximate surface area is 168 Å². The number of rotatable bonds is 6. The predicted molar refractivity (Wildman–Crippen MR) is 109 cm³/mol. The van der Waals surface area contributed by atoms with E-state index in [1.165, 1.54) is 11.1 Å². The third-order valence-electron chi connectivity index (χ3n) is 4.93. The topological polar surface area (TPSA) is 65.8 Å². The molecule has 29 heavy (non-hydrogen) atoms. The first kappa shape index (κ1) is 17.5. The first-order chi connectivity index (χ1) is 14.4. The summed E-state index contributed by atoms with van der Waals surface area (Å²) in [5.41, 5.74) is 5.40. The fourth-order valence-electron chi connectivity index (χ4n) is 3.48. The van der Waals surface area contributed by atoms with Crippen LogP contribution < -0.4 is 14.8 Å². The number of ether oxygens (including phenoxy) is 2. The maximum atomic E-state index is 5.48. The SMILES string of the molecule is c1ccc(-n2cc(C[NH2+]Cc3ccc4c(c3)OCO4)c(-c3cccnc3)n2)cc1. The number of aromatic nitrogens is 3. The van der Waals surface area contributed by atoms with Crippen LogP contribution in [0, 0.1) is 0 Å². The van der Waals surface area contributed by atoms with Gasteiger partial charge in [-0.2, -0.15) is 5.10 Å². The number of hydrogen-bond donors (Lipinski definition) is 1. The molecule has 0 aliphatic carbocycles. The van der Waals surface area contributed by atoms with Crippen molar-refractivity contribution in [2.75, 3.05) is 6.79 Å². The van der Waals surface area contributed by atoms with Crippen molar-refractivity contribution in [2.24, 2.45) is 0 Å². The molecular formula is C23H21N4O2+. The van der Waals surface area contributed by atoms with Gasteiger partial charge in [0, 0.05) is 29.7 Å². The lowest BCUT2D eigenvalue weighted by Crippen LogP contribution is -2.80. The van der Waals surface area contributed by atoms with Gasteiger partial charge in [-0.1, -0.05) is 18.2 Å². The molecule has 0 amide bonds. The standard InChI is InChI=1S/C23H20N4O2/c1-2-6-20(7-3-1)27-15-19(23(26-27)18-5-4-10-24-13-18)14-25-12-17-8-9-21-22(11-17)29-16-28-21/h1-11,13,15,25H,12,14,16H2/p+1. The second-order valence-electron chi connectivity index (χ2n) is 6.91. The second kappa shape index (κ2) is 7.77. The molecule has 1 aliphatic heterocycles. The Bertz CT molecular complexity index is 1110. The second-order valence-corrected chi connectivity index (χ2v) is 6.91. The minimum atomic E-state index is 0.301. The number of nitrogens with two attached hydrogens (primary N) is 1. The zero-order valence-corrected chi connectivity index (χ0v) is 15.9. The van der Waals surface area contributed by atoms with Crippen molar-refractivity contribution in [1.82, 2.24) is 14.8 Å². The van der Waals surface area contributed by atoms with E-state index in [2.05, 4.69) is 34.7 Å². The quantitative estimate of drug-likeness (QED) is 0.554. The monoisotopic (exact) mass is 385 g/mol. The van der Waals surface area contributed by atoms with Crippen molar-refractivity contribution in [3.05, 3.63) is 90.4 Å². The molecule has 0 unspecified atom stereocenters. The predicted octanol–water partition coefficient (Wildman–Crippen LogP) is 2.93. The molecule has 0 bridgehead atoms. The van der Waals surface area contributed by atoms with Gasteiger partial charge in [0.05, 0.1) is 11.3 Å². The summed E-state index contributed by atoms with van der Waals surface area (Å²) in [6, 6.07) is 20.3. The van der Waals surface area contributed by atoms with Gasteiger partial charge in [0.1, 0.15) is 18.8 Å². The number of para-hydroxylation sites is 1. The molecule has 144 valence electrons. The van der Waals surface area contributed by atoms with Crippen molar-refractivity contribution in [1.29, 1.82) is 0 Å².